The molecule has 1 aromatic rings. The Bertz CT molecular complexity index is 361. The number of hydrogen-bond donors (Lipinski definition) is 2. The monoisotopic (exact) mass is 225 g/mol. The highest BCUT2D eigenvalue weighted by Gasteiger charge is 2.04. The predicted octanol–water partition coefficient (Wildman–Crippen LogP) is 2.81. The van der Waals surface area contributed by atoms with Gasteiger partial charge in [-0.05, 0) is 24.1 Å². The summed E-state index contributed by atoms with van der Waals surface area (Å²) in [4.78, 5) is 1.69. The fourth-order valence-electron chi connectivity index (χ4n) is 1.13. The summed E-state index contributed by atoms with van der Waals surface area (Å²) in [6, 6.07) is 5.82. The smallest absolute Gasteiger partial charge is 0.195 e. The van der Waals surface area contributed by atoms with Crippen LogP contribution in [-0.2, 0) is 6.42 Å². The van der Waals surface area contributed by atoms with Gasteiger partial charge in [-0.3, -0.25) is 5.41 Å². The lowest BCUT2D eigenvalue weighted by Crippen LogP contribution is -2.28. The molecule has 1 aromatic carbocycles. The van der Waals surface area contributed by atoms with Crippen LogP contribution in [-0.4, -0.2) is 25.0 Å². The van der Waals surface area contributed by atoms with E-state index in [0.29, 0.717) is 11.0 Å². The van der Waals surface area contributed by atoms with Crippen LogP contribution in [0.2, 0.25) is 5.02 Å². The van der Waals surface area contributed by atoms with E-state index in [1.807, 2.05) is 32.3 Å². The van der Waals surface area contributed by atoms with Crippen molar-refractivity contribution < 1.29 is 0 Å². The summed E-state index contributed by atoms with van der Waals surface area (Å²) in [5.41, 5.74) is 1.99. The molecule has 0 aromatic heterocycles. The predicted molar refractivity (Wildman–Crippen MR) is 65.9 cm³/mol. The maximum atomic E-state index is 7.66. The lowest BCUT2D eigenvalue weighted by atomic mass is 10.1. The molecule has 0 fully saturated rings. The highest BCUT2D eigenvalue weighted by Crippen LogP contribution is 2.23. The average Bonchev–Trinajstić information content (AvgIpc) is 2.21. The summed E-state index contributed by atoms with van der Waals surface area (Å²) >= 11 is 6.02. The number of hydrogen-bond acceptors (Lipinski definition) is 1. The number of benzene rings is 1. The number of halogens is 1. The van der Waals surface area contributed by atoms with Gasteiger partial charge in [0.05, 0.1) is 10.7 Å². The van der Waals surface area contributed by atoms with Gasteiger partial charge in [-0.1, -0.05) is 24.6 Å². The van der Waals surface area contributed by atoms with Crippen molar-refractivity contribution in [1.82, 2.24) is 4.90 Å². The largest absolute Gasteiger partial charge is 0.349 e. The summed E-state index contributed by atoms with van der Waals surface area (Å²) in [7, 11) is 3.62. The van der Waals surface area contributed by atoms with Crippen LogP contribution in [0, 0.1) is 5.41 Å². The van der Waals surface area contributed by atoms with E-state index in [0.717, 1.165) is 12.1 Å². The zero-order valence-electron chi connectivity index (χ0n) is 9.26. The van der Waals surface area contributed by atoms with Crippen LogP contribution in [0.3, 0.4) is 0 Å². The molecule has 0 aliphatic heterocycles. The Hall–Kier alpha value is -1.22. The molecule has 0 saturated carbocycles. The first-order valence-corrected chi connectivity index (χ1v) is 5.23. The minimum Gasteiger partial charge on any atom is -0.349 e. The number of rotatable bonds is 2. The first-order chi connectivity index (χ1) is 7.04. The van der Waals surface area contributed by atoms with Gasteiger partial charge in [0.25, 0.3) is 0 Å². The average molecular weight is 226 g/mol. The Balaban J connectivity index is 2.88. The van der Waals surface area contributed by atoms with Gasteiger partial charge in [0.15, 0.2) is 5.96 Å². The number of nitrogens with one attached hydrogen (secondary N) is 2. The van der Waals surface area contributed by atoms with Crippen molar-refractivity contribution in [3.05, 3.63) is 28.8 Å². The van der Waals surface area contributed by atoms with Gasteiger partial charge in [0.1, 0.15) is 0 Å². The molecule has 3 nitrogen and oxygen atoms in total. The zero-order valence-corrected chi connectivity index (χ0v) is 10.0. The Labute approximate surface area is 95.6 Å². The fraction of sp³-hybridized carbons (Fsp3) is 0.364. The molecule has 82 valence electrons. The standard InChI is InChI=1S/C11H16ClN3/c1-4-8-5-6-9(12)10(7-8)14-11(13)15(2)3/h5-7H,4H2,1-3H3,(H2,13,14). The van der Waals surface area contributed by atoms with E-state index >= 15 is 0 Å². The molecule has 4 heteroatoms. The number of aryl methyl sites for hydroxylation is 1. The molecule has 15 heavy (non-hydrogen) atoms. The molecule has 0 aliphatic rings. The molecule has 0 amide bonds. The minimum atomic E-state index is 0.324. The second-order valence-corrected chi connectivity index (χ2v) is 3.94. The van der Waals surface area contributed by atoms with Crippen molar-refractivity contribution in [2.45, 2.75) is 13.3 Å². The van der Waals surface area contributed by atoms with E-state index in [-0.39, 0.29) is 0 Å². The molecule has 0 spiro atoms. The third-order valence-electron chi connectivity index (χ3n) is 2.14. The maximum Gasteiger partial charge on any atom is 0.195 e. The molecule has 0 heterocycles. The Kier molecular flexibility index (Phi) is 3.97. The van der Waals surface area contributed by atoms with Crippen molar-refractivity contribution in [3.63, 3.8) is 0 Å². The summed E-state index contributed by atoms with van der Waals surface area (Å²) in [5, 5.41) is 11.3. The molecule has 2 N–H and O–H groups in total. The van der Waals surface area contributed by atoms with Gasteiger partial charge in [-0.15, -0.1) is 0 Å². The fourth-order valence-corrected chi connectivity index (χ4v) is 1.29. The first kappa shape index (κ1) is 11.9. The van der Waals surface area contributed by atoms with E-state index < -0.39 is 0 Å². The SMILES string of the molecule is CCc1ccc(Cl)c(NC(=N)N(C)C)c1. The highest BCUT2D eigenvalue weighted by atomic mass is 35.5. The van der Waals surface area contributed by atoms with Gasteiger partial charge in [-0.2, -0.15) is 0 Å². The van der Waals surface area contributed by atoms with Crippen molar-refractivity contribution in [2.24, 2.45) is 0 Å². The van der Waals surface area contributed by atoms with Gasteiger partial charge in [0, 0.05) is 14.1 Å². The second-order valence-electron chi connectivity index (χ2n) is 3.54. The van der Waals surface area contributed by atoms with E-state index in [2.05, 4.69) is 12.2 Å². The van der Waals surface area contributed by atoms with Crippen molar-refractivity contribution in [2.75, 3.05) is 19.4 Å². The Morgan fingerprint density at radius 3 is 2.67 bits per heavy atom. The van der Waals surface area contributed by atoms with Crippen LogP contribution >= 0.6 is 11.6 Å². The minimum absolute atomic E-state index is 0.324. The molecule has 0 unspecified atom stereocenters. The first-order valence-electron chi connectivity index (χ1n) is 4.86. The molecule has 0 bridgehead atoms. The van der Waals surface area contributed by atoms with Crippen molar-refractivity contribution >= 4 is 23.2 Å². The van der Waals surface area contributed by atoms with Crippen LogP contribution in [0.25, 0.3) is 0 Å². The zero-order chi connectivity index (χ0) is 11.4. The molecule has 0 radical (unpaired) electrons. The summed E-state index contributed by atoms with van der Waals surface area (Å²) in [5.74, 6) is 0.324. The Morgan fingerprint density at radius 1 is 1.47 bits per heavy atom. The van der Waals surface area contributed by atoms with E-state index in [9.17, 15) is 0 Å². The maximum absolute atomic E-state index is 7.66. The van der Waals surface area contributed by atoms with Gasteiger partial charge in [0.2, 0.25) is 0 Å². The molecule has 0 atom stereocenters. The highest BCUT2D eigenvalue weighted by molar-refractivity contribution is 6.33. The van der Waals surface area contributed by atoms with Gasteiger partial charge in [-0.25, -0.2) is 0 Å². The van der Waals surface area contributed by atoms with Crippen molar-refractivity contribution in [1.29, 1.82) is 5.41 Å². The van der Waals surface area contributed by atoms with Crippen LogP contribution in [0.15, 0.2) is 18.2 Å². The number of anilines is 1. The lowest BCUT2D eigenvalue weighted by molar-refractivity contribution is 0.616. The van der Waals surface area contributed by atoms with E-state index in [4.69, 9.17) is 17.0 Å². The Morgan fingerprint density at radius 2 is 2.13 bits per heavy atom. The van der Waals surface area contributed by atoms with Gasteiger partial charge < -0.3 is 10.2 Å². The third-order valence-corrected chi connectivity index (χ3v) is 2.47. The van der Waals surface area contributed by atoms with Gasteiger partial charge >= 0.3 is 0 Å². The second kappa shape index (κ2) is 5.03. The van der Waals surface area contributed by atoms with Crippen LogP contribution < -0.4 is 5.32 Å². The summed E-state index contributed by atoms with van der Waals surface area (Å²) in [6.45, 7) is 2.09. The molecule has 0 aliphatic carbocycles. The number of nitrogens with zero attached hydrogens (tertiary/aromatic N) is 1. The molecular weight excluding hydrogens is 210 g/mol. The quantitative estimate of drug-likeness (QED) is 0.600. The summed E-state index contributed by atoms with van der Waals surface area (Å²) in [6.07, 6.45) is 0.959. The number of guanidine groups is 1. The van der Waals surface area contributed by atoms with E-state index in [1.165, 1.54) is 5.56 Å². The lowest BCUT2D eigenvalue weighted by Gasteiger charge is -2.16. The van der Waals surface area contributed by atoms with Crippen molar-refractivity contribution in [3.8, 4) is 0 Å². The topological polar surface area (TPSA) is 39.1 Å². The molecule has 1 rings (SSSR count). The summed E-state index contributed by atoms with van der Waals surface area (Å²) < 4.78 is 0. The molecular formula is C11H16ClN3. The third kappa shape index (κ3) is 3.13. The molecule has 0 saturated heterocycles. The van der Waals surface area contributed by atoms with E-state index in [1.54, 1.807) is 4.90 Å². The van der Waals surface area contributed by atoms with Crippen LogP contribution in [0.4, 0.5) is 5.69 Å². The van der Waals surface area contributed by atoms with Crippen LogP contribution in [0.5, 0.6) is 0 Å². The van der Waals surface area contributed by atoms with Crippen LogP contribution in [0.1, 0.15) is 12.5 Å². The normalized spacial score (nSPS) is 9.87.